The van der Waals surface area contributed by atoms with Crippen LogP contribution in [0.5, 0.6) is 0 Å². The molecule has 3 fully saturated rings. The Balaban J connectivity index is 1.35. The first-order chi connectivity index (χ1) is 17.1. The quantitative estimate of drug-likeness (QED) is 0.345. The lowest BCUT2D eigenvalue weighted by Crippen LogP contribution is -2.46. The molecule has 1 aliphatic carbocycles. The zero-order valence-corrected chi connectivity index (χ0v) is 19.4. The average molecular weight is 502 g/mol. The molecule has 2 aromatic carbocycles. The van der Waals surface area contributed by atoms with Crippen LogP contribution in [0.25, 0.3) is 0 Å². The van der Waals surface area contributed by atoms with Gasteiger partial charge in [-0.2, -0.15) is 13.2 Å². The molecule has 2 aromatic rings. The van der Waals surface area contributed by atoms with Gasteiger partial charge in [0.1, 0.15) is 5.69 Å². The maximum Gasteiger partial charge on any atom is 0.416 e. The fourth-order valence-corrected chi connectivity index (χ4v) is 5.57. The molecular weight excluding hydrogens is 477 g/mol. The summed E-state index contributed by atoms with van der Waals surface area (Å²) in [6, 6.07) is 9.51. The Morgan fingerprint density at radius 1 is 0.833 bits per heavy atom. The number of anilines is 3. The maximum absolute atomic E-state index is 13.1. The summed E-state index contributed by atoms with van der Waals surface area (Å²) in [4.78, 5) is 42.0. The Morgan fingerprint density at radius 2 is 1.44 bits per heavy atom. The van der Waals surface area contributed by atoms with E-state index in [1.165, 1.54) is 12.1 Å². The van der Waals surface area contributed by atoms with Gasteiger partial charge >= 0.3 is 6.18 Å². The number of piperazine rings is 1. The molecule has 8 nitrogen and oxygen atoms in total. The van der Waals surface area contributed by atoms with E-state index in [2.05, 4.69) is 0 Å². The van der Waals surface area contributed by atoms with Crippen LogP contribution in [0.3, 0.4) is 0 Å². The highest BCUT2D eigenvalue weighted by Gasteiger charge is 2.49. The number of amides is 2. The summed E-state index contributed by atoms with van der Waals surface area (Å²) in [5.74, 6) is -1.29. The van der Waals surface area contributed by atoms with Gasteiger partial charge in [-0.1, -0.05) is 18.9 Å². The molecule has 2 atom stereocenters. The smallest absolute Gasteiger partial charge is 0.368 e. The minimum Gasteiger partial charge on any atom is -0.368 e. The molecule has 2 amide bonds. The van der Waals surface area contributed by atoms with E-state index in [-0.39, 0.29) is 35.0 Å². The molecule has 0 aromatic heterocycles. The zero-order valence-electron chi connectivity index (χ0n) is 19.4. The molecular formula is C25H25F3N4O4. The highest BCUT2D eigenvalue weighted by Crippen LogP contribution is 2.42. The number of fused-ring (bicyclic) bond motifs is 1. The van der Waals surface area contributed by atoms with Crippen LogP contribution in [0.15, 0.2) is 42.5 Å². The van der Waals surface area contributed by atoms with E-state index in [0.717, 1.165) is 29.9 Å². The largest absolute Gasteiger partial charge is 0.416 e. The summed E-state index contributed by atoms with van der Waals surface area (Å²) in [5, 5.41) is 11.9. The van der Waals surface area contributed by atoms with Gasteiger partial charge in [0, 0.05) is 37.9 Å². The first-order valence-electron chi connectivity index (χ1n) is 12.0. The maximum atomic E-state index is 13.1. The molecule has 0 N–H and O–H groups in total. The molecule has 2 unspecified atom stereocenters. The van der Waals surface area contributed by atoms with E-state index in [1.54, 1.807) is 23.1 Å². The van der Waals surface area contributed by atoms with E-state index in [1.807, 2.05) is 4.90 Å². The van der Waals surface area contributed by atoms with Crippen molar-refractivity contribution >= 4 is 34.6 Å². The Labute approximate surface area is 205 Å². The third-order valence-electron chi connectivity index (χ3n) is 7.41. The Morgan fingerprint density at radius 3 is 2.03 bits per heavy atom. The predicted octanol–water partition coefficient (Wildman–Crippen LogP) is 4.62. The van der Waals surface area contributed by atoms with Crippen LogP contribution < -0.4 is 14.7 Å². The van der Waals surface area contributed by atoms with E-state index < -0.39 is 16.7 Å². The Hall–Kier alpha value is -3.63. The average Bonchev–Trinajstić information content (AvgIpc) is 3.13. The lowest BCUT2D eigenvalue weighted by atomic mass is 9.81. The van der Waals surface area contributed by atoms with Gasteiger partial charge < -0.3 is 9.80 Å². The number of benzene rings is 2. The number of imide groups is 1. The van der Waals surface area contributed by atoms with Crippen molar-refractivity contribution < 1.29 is 27.7 Å². The molecule has 3 aliphatic rings. The summed E-state index contributed by atoms with van der Waals surface area (Å²) < 4.78 is 39.2. The Kier molecular flexibility index (Phi) is 6.09. The third-order valence-corrected chi connectivity index (χ3v) is 7.41. The number of hydrogen-bond donors (Lipinski definition) is 0. The number of carbonyl (C=O) groups excluding carboxylic acids is 2. The van der Waals surface area contributed by atoms with Gasteiger partial charge in [-0.3, -0.25) is 19.7 Å². The van der Waals surface area contributed by atoms with Gasteiger partial charge in [0.2, 0.25) is 11.8 Å². The molecule has 5 rings (SSSR count). The fourth-order valence-electron chi connectivity index (χ4n) is 5.57. The zero-order chi connectivity index (χ0) is 25.6. The van der Waals surface area contributed by atoms with Crippen molar-refractivity contribution in [3.8, 4) is 0 Å². The van der Waals surface area contributed by atoms with Gasteiger partial charge in [-0.15, -0.1) is 0 Å². The molecule has 2 aliphatic heterocycles. The van der Waals surface area contributed by atoms with Gasteiger partial charge in [0.15, 0.2) is 0 Å². The predicted molar refractivity (Wildman–Crippen MR) is 127 cm³/mol. The van der Waals surface area contributed by atoms with Gasteiger partial charge in [0.05, 0.1) is 28.0 Å². The van der Waals surface area contributed by atoms with Crippen molar-refractivity contribution in [3.63, 3.8) is 0 Å². The van der Waals surface area contributed by atoms with Crippen LogP contribution in [-0.2, 0) is 15.8 Å². The first-order valence-corrected chi connectivity index (χ1v) is 12.0. The van der Waals surface area contributed by atoms with Crippen molar-refractivity contribution in [2.45, 2.75) is 31.9 Å². The monoisotopic (exact) mass is 502 g/mol. The van der Waals surface area contributed by atoms with Crippen LogP contribution in [0.1, 0.15) is 31.2 Å². The van der Waals surface area contributed by atoms with E-state index in [0.29, 0.717) is 50.4 Å². The van der Waals surface area contributed by atoms with Crippen molar-refractivity contribution in [2.24, 2.45) is 11.8 Å². The Bertz CT molecular complexity index is 1190. The highest BCUT2D eigenvalue weighted by molar-refractivity contribution is 6.22. The molecule has 0 spiro atoms. The summed E-state index contributed by atoms with van der Waals surface area (Å²) in [6.07, 6.45) is -1.35. The highest BCUT2D eigenvalue weighted by atomic mass is 19.4. The summed E-state index contributed by atoms with van der Waals surface area (Å²) in [7, 11) is 0. The van der Waals surface area contributed by atoms with Crippen molar-refractivity contribution in [1.82, 2.24) is 0 Å². The van der Waals surface area contributed by atoms with Crippen molar-refractivity contribution in [3.05, 3.63) is 58.1 Å². The molecule has 0 radical (unpaired) electrons. The third kappa shape index (κ3) is 4.27. The summed E-state index contributed by atoms with van der Waals surface area (Å²) in [6.45, 7) is 1.49. The molecule has 0 bridgehead atoms. The minimum absolute atomic E-state index is 0.206. The van der Waals surface area contributed by atoms with E-state index in [4.69, 9.17) is 0 Å². The van der Waals surface area contributed by atoms with Crippen molar-refractivity contribution in [2.75, 3.05) is 40.9 Å². The van der Waals surface area contributed by atoms with Crippen LogP contribution in [0, 0.1) is 22.0 Å². The fraction of sp³-hybridized carbons (Fsp3) is 0.440. The number of nitro benzene ring substituents is 1. The van der Waals surface area contributed by atoms with Crippen LogP contribution in [0.4, 0.5) is 35.9 Å². The van der Waals surface area contributed by atoms with Gasteiger partial charge in [-0.05, 0) is 43.2 Å². The van der Waals surface area contributed by atoms with E-state index >= 15 is 0 Å². The van der Waals surface area contributed by atoms with E-state index in [9.17, 15) is 32.9 Å². The second-order valence-electron chi connectivity index (χ2n) is 9.46. The van der Waals surface area contributed by atoms with Gasteiger partial charge in [0.25, 0.3) is 5.69 Å². The molecule has 1 saturated carbocycles. The lowest BCUT2D eigenvalue weighted by Gasteiger charge is -2.37. The normalized spacial score (nSPS) is 22.7. The van der Waals surface area contributed by atoms with Crippen LogP contribution >= 0.6 is 0 Å². The second-order valence-corrected chi connectivity index (χ2v) is 9.46. The number of alkyl halides is 3. The molecule has 2 saturated heterocycles. The summed E-state index contributed by atoms with van der Waals surface area (Å²) in [5.41, 5.74) is 0.0678. The summed E-state index contributed by atoms with van der Waals surface area (Å²) >= 11 is 0. The molecule has 36 heavy (non-hydrogen) atoms. The second kappa shape index (κ2) is 9.11. The van der Waals surface area contributed by atoms with Crippen LogP contribution in [0.2, 0.25) is 0 Å². The number of nitrogens with zero attached hydrogens (tertiary/aromatic N) is 4. The standard InChI is InChI=1S/C25H25F3N4O4/c26-25(27,28)16-4-3-5-17(14-16)29-10-12-30(13-11-29)21-9-8-18(15-22(21)32(35)36)31-23(33)19-6-1-2-7-20(19)24(31)34/h3-5,8-9,14-15,19-20H,1-2,6-7,10-13H2. The van der Waals surface area contributed by atoms with Gasteiger partial charge in [-0.25, -0.2) is 4.90 Å². The molecule has 11 heteroatoms. The van der Waals surface area contributed by atoms with Crippen LogP contribution in [-0.4, -0.2) is 42.9 Å². The SMILES string of the molecule is O=C1C2CCCCC2C(=O)N1c1ccc(N2CCN(c3cccc(C(F)(F)F)c3)CC2)c([N+](=O)[O-])c1. The number of rotatable bonds is 4. The number of hydrogen-bond acceptors (Lipinski definition) is 6. The molecule has 190 valence electrons. The van der Waals surface area contributed by atoms with Crippen molar-refractivity contribution in [1.29, 1.82) is 0 Å². The number of halogens is 3. The lowest BCUT2D eigenvalue weighted by molar-refractivity contribution is -0.384. The number of carbonyl (C=O) groups is 2. The first kappa shape index (κ1) is 24.1. The molecule has 2 heterocycles. The number of nitro groups is 1. The topological polar surface area (TPSA) is 87.0 Å². The minimum atomic E-state index is -4.43.